The molecular formula is C30H25BrN2O4S. The molecule has 0 aromatic heterocycles. The van der Waals surface area contributed by atoms with E-state index in [1.165, 1.54) is 16.7 Å². The predicted octanol–water partition coefficient (Wildman–Crippen LogP) is 5.47. The van der Waals surface area contributed by atoms with Crippen LogP contribution in [0.15, 0.2) is 112 Å². The number of amides is 2. The molecule has 0 radical (unpaired) electrons. The lowest BCUT2D eigenvalue weighted by molar-refractivity contribution is -0.154. The fraction of sp³-hybridized carbons (Fsp3) is 0.167. The summed E-state index contributed by atoms with van der Waals surface area (Å²) < 4.78 is 6.09. The number of nitrogens with one attached hydrogen (secondary N) is 1. The number of rotatable bonds is 7. The van der Waals surface area contributed by atoms with E-state index in [4.69, 9.17) is 4.74 Å². The highest BCUT2D eigenvalue weighted by Gasteiger charge is 2.55. The highest BCUT2D eigenvalue weighted by atomic mass is 79.9. The maximum Gasteiger partial charge on any atom is 0.356 e. The normalized spacial score (nSPS) is 19.7. The van der Waals surface area contributed by atoms with Gasteiger partial charge in [-0.25, -0.2) is 4.79 Å². The molecule has 1 saturated heterocycles. The van der Waals surface area contributed by atoms with Gasteiger partial charge in [0.2, 0.25) is 5.91 Å². The van der Waals surface area contributed by atoms with E-state index in [-0.39, 0.29) is 23.9 Å². The summed E-state index contributed by atoms with van der Waals surface area (Å²) in [5.74, 6) is -1.18. The van der Waals surface area contributed by atoms with Crippen LogP contribution in [0.3, 0.4) is 0 Å². The van der Waals surface area contributed by atoms with Crippen molar-refractivity contribution in [3.05, 3.63) is 129 Å². The molecule has 0 spiro atoms. The van der Waals surface area contributed by atoms with Gasteiger partial charge in [-0.05, 0) is 34.2 Å². The maximum absolute atomic E-state index is 13.7. The van der Waals surface area contributed by atoms with E-state index in [0.717, 1.165) is 21.6 Å². The largest absolute Gasteiger partial charge is 0.448 e. The minimum atomic E-state index is -0.742. The second-order valence-corrected chi connectivity index (χ2v) is 10.6. The number of nitrogens with zero attached hydrogens (tertiary/aromatic N) is 1. The van der Waals surface area contributed by atoms with Gasteiger partial charge in [0.05, 0.1) is 6.42 Å². The maximum atomic E-state index is 13.7. The van der Waals surface area contributed by atoms with E-state index in [1.54, 1.807) is 11.9 Å². The first-order chi connectivity index (χ1) is 18.5. The van der Waals surface area contributed by atoms with Crippen LogP contribution in [0.25, 0.3) is 0 Å². The van der Waals surface area contributed by atoms with Gasteiger partial charge in [-0.1, -0.05) is 119 Å². The number of thioether (sulfide) groups is 1. The average molecular weight is 590 g/mol. The van der Waals surface area contributed by atoms with Crippen molar-refractivity contribution in [3.63, 3.8) is 0 Å². The van der Waals surface area contributed by atoms with Crippen molar-refractivity contribution >= 4 is 45.5 Å². The third-order valence-electron chi connectivity index (χ3n) is 6.50. The zero-order chi connectivity index (χ0) is 26.6. The fourth-order valence-electron chi connectivity index (χ4n) is 4.58. The minimum absolute atomic E-state index is 0.169. The zero-order valence-corrected chi connectivity index (χ0v) is 22.9. The summed E-state index contributed by atoms with van der Waals surface area (Å²) >= 11 is 4.82. The molecular weight excluding hydrogens is 564 g/mol. The van der Waals surface area contributed by atoms with Gasteiger partial charge in [0.1, 0.15) is 17.1 Å². The molecule has 3 aromatic carbocycles. The Morgan fingerprint density at radius 1 is 0.974 bits per heavy atom. The quantitative estimate of drug-likeness (QED) is 0.292. The van der Waals surface area contributed by atoms with Crippen LogP contribution < -0.4 is 5.32 Å². The number of benzene rings is 3. The summed E-state index contributed by atoms with van der Waals surface area (Å²) in [6, 6.07) is 27.6. The summed E-state index contributed by atoms with van der Waals surface area (Å²) in [5, 5.41) is 2.40. The Kier molecular flexibility index (Phi) is 7.81. The first-order valence-corrected chi connectivity index (χ1v) is 13.9. The van der Waals surface area contributed by atoms with Crippen molar-refractivity contribution in [1.82, 2.24) is 10.2 Å². The second kappa shape index (κ2) is 11.4. The average Bonchev–Trinajstić information content (AvgIpc) is 2.95. The SMILES string of the molecule is CC1=C(C(=O)OC(c2ccccc2)c2ccccc2)N2C(=O)C(NC(=O)Cc3ccccc3)C2S/C1=C\Br. The summed E-state index contributed by atoms with van der Waals surface area (Å²) in [6.07, 6.45) is -0.477. The number of β-lactam (4-membered cyclic amide) rings is 1. The number of hydrogen-bond donors (Lipinski definition) is 1. The van der Waals surface area contributed by atoms with Crippen molar-refractivity contribution in [2.75, 3.05) is 0 Å². The van der Waals surface area contributed by atoms with Crippen molar-refractivity contribution in [3.8, 4) is 0 Å². The first kappa shape index (κ1) is 26.0. The monoisotopic (exact) mass is 588 g/mol. The van der Waals surface area contributed by atoms with E-state index in [9.17, 15) is 14.4 Å². The number of allylic oxidation sites excluding steroid dienone is 1. The number of hydrogen-bond acceptors (Lipinski definition) is 5. The molecule has 5 rings (SSSR count). The van der Waals surface area contributed by atoms with Crippen LogP contribution in [-0.2, 0) is 25.5 Å². The number of halogens is 1. The first-order valence-electron chi connectivity index (χ1n) is 12.1. The molecule has 3 aromatic rings. The Bertz CT molecular complexity index is 1370. The number of carbonyl (C=O) groups excluding carboxylic acids is 3. The molecule has 6 nitrogen and oxygen atoms in total. The van der Waals surface area contributed by atoms with Crippen LogP contribution in [0, 0.1) is 0 Å². The van der Waals surface area contributed by atoms with Gasteiger partial charge < -0.3 is 10.1 Å². The Labute approximate surface area is 233 Å². The van der Waals surface area contributed by atoms with Crippen LogP contribution in [0.4, 0.5) is 0 Å². The van der Waals surface area contributed by atoms with Gasteiger partial charge in [-0.2, -0.15) is 0 Å². The highest BCUT2D eigenvalue weighted by molar-refractivity contribution is 9.11. The van der Waals surface area contributed by atoms with Crippen molar-refractivity contribution < 1.29 is 19.1 Å². The molecule has 2 heterocycles. The molecule has 2 amide bonds. The predicted molar refractivity (Wildman–Crippen MR) is 151 cm³/mol. The number of esters is 1. The molecule has 38 heavy (non-hydrogen) atoms. The molecule has 2 aliphatic rings. The highest BCUT2D eigenvalue weighted by Crippen LogP contribution is 2.47. The lowest BCUT2D eigenvalue weighted by Crippen LogP contribution is -2.70. The lowest BCUT2D eigenvalue weighted by atomic mass is 10.0. The van der Waals surface area contributed by atoms with Gasteiger partial charge in [-0.3, -0.25) is 14.5 Å². The fourth-order valence-corrected chi connectivity index (χ4v) is 6.47. The smallest absolute Gasteiger partial charge is 0.356 e. The van der Waals surface area contributed by atoms with Gasteiger partial charge in [0.25, 0.3) is 5.91 Å². The lowest BCUT2D eigenvalue weighted by Gasteiger charge is -2.50. The van der Waals surface area contributed by atoms with E-state index < -0.39 is 23.5 Å². The van der Waals surface area contributed by atoms with E-state index in [1.807, 2.05) is 91.0 Å². The standard InChI is InChI=1S/C30H25BrN2O4S/c1-19-23(18-31)38-29-25(32-24(34)17-20-11-5-2-6-12-20)28(35)33(29)26(19)30(36)37-27(21-13-7-3-8-14-21)22-15-9-4-10-16-22/h2-16,18,25,27,29H,17H2,1H3,(H,32,34)/b23-18-. The molecule has 0 bridgehead atoms. The number of carbonyl (C=O) groups is 3. The van der Waals surface area contributed by atoms with Gasteiger partial charge in [0, 0.05) is 4.91 Å². The third-order valence-corrected chi connectivity index (χ3v) is 8.67. The van der Waals surface area contributed by atoms with E-state index in [2.05, 4.69) is 21.2 Å². The Morgan fingerprint density at radius 2 is 1.53 bits per heavy atom. The van der Waals surface area contributed by atoms with E-state index >= 15 is 0 Å². The van der Waals surface area contributed by atoms with Crippen LogP contribution >= 0.6 is 27.7 Å². The molecule has 0 saturated carbocycles. The molecule has 1 fully saturated rings. The van der Waals surface area contributed by atoms with Gasteiger partial charge >= 0.3 is 5.97 Å². The Morgan fingerprint density at radius 3 is 2.08 bits per heavy atom. The Hall–Kier alpha value is -3.62. The number of ether oxygens (including phenoxy) is 1. The minimum Gasteiger partial charge on any atom is -0.448 e. The second-order valence-electron chi connectivity index (χ2n) is 8.98. The number of fused-ring (bicyclic) bond motifs is 1. The van der Waals surface area contributed by atoms with Crippen LogP contribution in [0.2, 0.25) is 0 Å². The molecule has 0 aliphatic carbocycles. The topological polar surface area (TPSA) is 75.7 Å². The molecule has 2 unspecified atom stereocenters. The molecule has 192 valence electrons. The summed E-state index contributed by atoms with van der Waals surface area (Å²) in [6.45, 7) is 1.79. The Balaban J connectivity index is 1.39. The molecule has 2 aliphatic heterocycles. The summed E-state index contributed by atoms with van der Waals surface area (Å²) in [7, 11) is 0. The van der Waals surface area contributed by atoms with Gasteiger partial charge in [-0.15, -0.1) is 0 Å². The van der Waals surface area contributed by atoms with Crippen molar-refractivity contribution in [2.24, 2.45) is 0 Å². The summed E-state index contributed by atoms with van der Waals surface area (Å²) in [4.78, 5) is 43.7. The zero-order valence-electron chi connectivity index (χ0n) is 20.5. The molecule has 8 heteroatoms. The summed E-state index contributed by atoms with van der Waals surface area (Å²) in [5.41, 5.74) is 3.33. The third kappa shape index (κ3) is 5.19. The van der Waals surface area contributed by atoms with Crippen LogP contribution in [0.1, 0.15) is 29.7 Å². The van der Waals surface area contributed by atoms with Crippen LogP contribution in [-0.4, -0.2) is 34.1 Å². The molecule has 1 N–H and O–H groups in total. The van der Waals surface area contributed by atoms with Crippen LogP contribution in [0.5, 0.6) is 0 Å². The van der Waals surface area contributed by atoms with E-state index in [0.29, 0.717) is 5.57 Å². The van der Waals surface area contributed by atoms with Crippen molar-refractivity contribution in [1.29, 1.82) is 0 Å². The van der Waals surface area contributed by atoms with Crippen molar-refractivity contribution in [2.45, 2.75) is 30.9 Å². The van der Waals surface area contributed by atoms with Gasteiger partial charge in [0.15, 0.2) is 6.10 Å². The molecule has 2 atom stereocenters.